The van der Waals surface area contributed by atoms with E-state index in [0.717, 1.165) is 15.1 Å². The van der Waals surface area contributed by atoms with Crippen molar-refractivity contribution < 1.29 is 0 Å². The van der Waals surface area contributed by atoms with E-state index in [1.165, 1.54) is 9.75 Å². The minimum atomic E-state index is 0.193. The lowest BCUT2D eigenvalue weighted by molar-refractivity contribution is 1.26. The smallest absolute Gasteiger partial charge is 0.0857 e. The molecule has 80 valence electrons. The molecule has 2 aromatic heterocycles. The summed E-state index contributed by atoms with van der Waals surface area (Å²) in [6.07, 6.45) is 0. The number of hydrogen-bond donors (Lipinski definition) is 0. The van der Waals surface area contributed by atoms with Crippen LogP contribution in [-0.2, 0) is 0 Å². The molecule has 2 aromatic rings. The molecule has 1 unspecified atom stereocenters. The fraction of sp³-hybridized carbons (Fsp3) is 0.200. The van der Waals surface area contributed by atoms with Crippen molar-refractivity contribution in [3.8, 4) is 0 Å². The predicted molar refractivity (Wildman–Crippen MR) is 76.9 cm³/mol. The summed E-state index contributed by atoms with van der Waals surface area (Å²) < 4.78 is 1.14. The SMILES string of the molecule is Cc1csc(C(Br)c2sccc2Br)c1Cl. The number of aryl methyl sites for hydroxylation is 1. The van der Waals surface area contributed by atoms with Gasteiger partial charge in [-0.05, 0) is 45.2 Å². The molecule has 0 saturated heterocycles. The van der Waals surface area contributed by atoms with E-state index < -0.39 is 0 Å². The van der Waals surface area contributed by atoms with E-state index in [-0.39, 0.29) is 4.83 Å². The third-order valence-corrected chi connectivity index (χ3v) is 7.27. The van der Waals surface area contributed by atoms with Gasteiger partial charge >= 0.3 is 0 Å². The zero-order valence-electron chi connectivity index (χ0n) is 7.76. The molecule has 0 bridgehead atoms. The van der Waals surface area contributed by atoms with Gasteiger partial charge in [0.1, 0.15) is 0 Å². The van der Waals surface area contributed by atoms with Crippen LogP contribution in [0.5, 0.6) is 0 Å². The Morgan fingerprint density at radius 3 is 2.53 bits per heavy atom. The highest BCUT2D eigenvalue weighted by molar-refractivity contribution is 9.11. The number of alkyl halides is 1. The third kappa shape index (κ3) is 2.34. The molecular formula is C10H7Br2ClS2. The van der Waals surface area contributed by atoms with Crippen molar-refractivity contribution in [1.29, 1.82) is 0 Å². The van der Waals surface area contributed by atoms with E-state index >= 15 is 0 Å². The van der Waals surface area contributed by atoms with Gasteiger partial charge in [0, 0.05) is 14.2 Å². The van der Waals surface area contributed by atoms with Crippen molar-refractivity contribution in [2.75, 3.05) is 0 Å². The van der Waals surface area contributed by atoms with Crippen LogP contribution in [0, 0.1) is 6.92 Å². The molecule has 0 nitrogen and oxygen atoms in total. The Morgan fingerprint density at radius 1 is 1.33 bits per heavy atom. The maximum atomic E-state index is 6.24. The standard InChI is InChI=1S/C10H7Br2ClS2/c1-5-4-15-10(8(5)13)7(12)9-6(11)2-3-14-9/h2-4,7H,1H3. The molecule has 15 heavy (non-hydrogen) atoms. The molecule has 0 aliphatic carbocycles. The molecule has 0 saturated carbocycles. The van der Waals surface area contributed by atoms with Crippen LogP contribution in [0.2, 0.25) is 5.02 Å². The van der Waals surface area contributed by atoms with Crippen molar-refractivity contribution in [3.05, 3.63) is 41.6 Å². The topological polar surface area (TPSA) is 0 Å². The van der Waals surface area contributed by atoms with Crippen LogP contribution in [0.1, 0.15) is 20.1 Å². The first-order valence-corrected chi connectivity index (χ1v) is 8.06. The van der Waals surface area contributed by atoms with Gasteiger partial charge in [-0.3, -0.25) is 0 Å². The Kier molecular flexibility index (Phi) is 3.94. The highest BCUT2D eigenvalue weighted by Gasteiger charge is 2.20. The maximum absolute atomic E-state index is 6.24. The monoisotopic (exact) mass is 384 g/mol. The number of hydrogen-bond acceptors (Lipinski definition) is 2. The van der Waals surface area contributed by atoms with Crippen LogP contribution in [0.15, 0.2) is 21.3 Å². The van der Waals surface area contributed by atoms with Crippen molar-refractivity contribution >= 4 is 66.1 Å². The summed E-state index contributed by atoms with van der Waals surface area (Å²) in [5.41, 5.74) is 1.15. The molecule has 0 aliphatic heterocycles. The summed E-state index contributed by atoms with van der Waals surface area (Å²) >= 11 is 16.9. The van der Waals surface area contributed by atoms with Crippen LogP contribution in [0.25, 0.3) is 0 Å². The van der Waals surface area contributed by atoms with Crippen molar-refractivity contribution in [2.24, 2.45) is 0 Å². The largest absolute Gasteiger partial charge is 0.146 e. The van der Waals surface area contributed by atoms with Gasteiger partial charge in [-0.15, -0.1) is 22.7 Å². The van der Waals surface area contributed by atoms with Gasteiger partial charge in [0.05, 0.1) is 9.85 Å². The fourth-order valence-corrected chi connectivity index (χ4v) is 5.73. The number of halogens is 3. The molecule has 0 amide bonds. The van der Waals surface area contributed by atoms with E-state index in [0.29, 0.717) is 0 Å². The predicted octanol–water partition coefficient (Wildman–Crippen LogP) is 6.02. The molecule has 0 aromatic carbocycles. The summed E-state index contributed by atoms with van der Waals surface area (Å²) in [5, 5.41) is 5.04. The van der Waals surface area contributed by atoms with Crippen molar-refractivity contribution in [2.45, 2.75) is 11.8 Å². The van der Waals surface area contributed by atoms with E-state index in [1.807, 2.05) is 6.92 Å². The van der Waals surface area contributed by atoms with Crippen molar-refractivity contribution in [1.82, 2.24) is 0 Å². The van der Waals surface area contributed by atoms with E-state index in [1.54, 1.807) is 22.7 Å². The Hall–Kier alpha value is 0.650. The quantitative estimate of drug-likeness (QED) is 0.554. The number of rotatable bonds is 2. The molecule has 0 N–H and O–H groups in total. The lowest BCUT2D eigenvalue weighted by Crippen LogP contribution is -1.87. The summed E-state index contributed by atoms with van der Waals surface area (Å²) in [6.45, 7) is 2.03. The normalized spacial score (nSPS) is 13.1. The molecular weight excluding hydrogens is 380 g/mol. The molecule has 0 spiro atoms. The van der Waals surface area contributed by atoms with Gasteiger partial charge in [0.25, 0.3) is 0 Å². The van der Waals surface area contributed by atoms with Crippen LogP contribution < -0.4 is 0 Å². The zero-order chi connectivity index (χ0) is 11.0. The van der Waals surface area contributed by atoms with Crippen LogP contribution in [0.3, 0.4) is 0 Å². The lowest BCUT2D eigenvalue weighted by atomic mass is 10.2. The highest BCUT2D eigenvalue weighted by Crippen LogP contribution is 2.44. The minimum Gasteiger partial charge on any atom is -0.146 e. The number of thiophene rings is 2. The second kappa shape index (κ2) is 4.88. The third-order valence-electron chi connectivity index (χ3n) is 2.03. The summed E-state index contributed by atoms with van der Waals surface area (Å²) in [7, 11) is 0. The Balaban J connectivity index is 2.41. The first-order chi connectivity index (χ1) is 7.11. The average molecular weight is 387 g/mol. The summed E-state index contributed by atoms with van der Waals surface area (Å²) in [6, 6.07) is 2.06. The van der Waals surface area contributed by atoms with Crippen LogP contribution in [-0.4, -0.2) is 0 Å². The van der Waals surface area contributed by atoms with Gasteiger partial charge in [0.2, 0.25) is 0 Å². The Labute approximate surface area is 119 Å². The van der Waals surface area contributed by atoms with E-state index in [4.69, 9.17) is 11.6 Å². The summed E-state index contributed by atoms with van der Waals surface area (Å²) in [5.74, 6) is 0. The lowest BCUT2D eigenvalue weighted by Gasteiger charge is -2.07. The highest BCUT2D eigenvalue weighted by atomic mass is 79.9. The molecule has 0 aliphatic rings. The molecule has 5 heteroatoms. The second-order valence-electron chi connectivity index (χ2n) is 3.09. The molecule has 2 rings (SSSR count). The average Bonchev–Trinajstić information content (AvgIpc) is 2.75. The molecule has 1 atom stereocenters. The van der Waals surface area contributed by atoms with E-state index in [9.17, 15) is 0 Å². The maximum Gasteiger partial charge on any atom is 0.0857 e. The van der Waals surface area contributed by atoms with Crippen LogP contribution >= 0.6 is 66.1 Å². The van der Waals surface area contributed by atoms with Crippen LogP contribution in [0.4, 0.5) is 0 Å². The first kappa shape index (κ1) is 12.1. The zero-order valence-corrected chi connectivity index (χ0v) is 13.3. The molecule has 2 heterocycles. The minimum absolute atomic E-state index is 0.193. The van der Waals surface area contributed by atoms with Gasteiger partial charge in [-0.2, -0.15) is 0 Å². The Bertz CT molecular complexity index is 475. The van der Waals surface area contributed by atoms with Gasteiger partial charge in [-0.1, -0.05) is 27.5 Å². The Morgan fingerprint density at radius 2 is 2.07 bits per heavy atom. The first-order valence-electron chi connectivity index (χ1n) is 4.21. The second-order valence-corrected chi connectivity index (χ2v) is 7.10. The fourth-order valence-electron chi connectivity index (χ4n) is 1.23. The van der Waals surface area contributed by atoms with Crippen molar-refractivity contribution in [3.63, 3.8) is 0 Å². The molecule has 0 radical (unpaired) electrons. The molecule has 0 fully saturated rings. The van der Waals surface area contributed by atoms with Gasteiger partial charge in [-0.25, -0.2) is 0 Å². The summed E-state index contributed by atoms with van der Waals surface area (Å²) in [4.78, 5) is 2.63. The van der Waals surface area contributed by atoms with E-state index in [2.05, 4.69) is 48.7 Å². The van der Waals surface area contributed by atoms with Gasteiger partial charge < -0.3 is 0 Å². The van der Waals surface area contributed by atoms with Gasteiger partial charge in [0.15, 0.2) is 0 Å².